The van der Waals surface area contributed by atoms with E-state index in [0.717, 1.165) is 40.5 Å². The van der Waals surface area contributed by atoms with Crippen LogP contribution in [0, 0.1) is 5.82 Å². The molecular weight excluding hydrogens is 451 g/mol. The van der Waals surface area contributed by atoms with Gasteiger partial charge in [0.25, 0.3) is 0 Å². The number of fused-ring (bicyclic) bond motifs is 3. The number of carbonyl (C=O) groups is 3. The maximum Gasteiger partial charge on any atom is 0.407 e. The smallest absolute Gasteiger partial charge is 0.407 e. The quantitative estimate of drug-likeness (QED) is 0.451. The zero-order valence-corrected chi connectivity index (χ0v) is 18.7. The van der Waals surface area contributed by atoms with Gasteiger partial charge in [-0.25, -0.2) is 14.0 Å². The largest absolute Gasteiger partial charge is 0.478 e. The lowest BCUT2D eigenvalue weighted by molar-refractivity contribution is -0.116. The van der Waals surface area contributed by atoms with Gasteiger partial charge in [0, 0.05) is 5.92 Å². The average molecular weight is 474 g/mol. The predicted octanol–water partition coefficient (Wildman–Crippen LogP) is 4.92. The number of aromatic carboxylic acids is 1. The summed E-state index contributed by atoms with van der Waals surface area (Å²) in [5, 5.41) is 14.3. The van der Waals surface area contributed by atoms with E-state index in [9.17, 15) is 18.8 Å². The number of ether oxygens (including phenoxy) is 1. The summed E-state index contributed by atoms with van der Waals surface area (Å²) in [6.45, 7) is 0.162. The number of nitrogens with one attached hydrogen (secondary N) is 2. The topological polar surface area (TPSA) is 105 Å². The minimum atomic E-state index is -1.23. The van der Waals surface area contributed by atoms with Crippen molar-refractivity contribution in [1.29, 1.82) is 0 Å². The van der Waals surface area contributed by atoms with Crippen LogP contribution in [0.2, 0.25) is 0 Å². The Morgan fingerprint density at radius 3 is 2.20 bits per heavy atom. The minimum absolute atomic E-state index is 0.0731. The first kappa shape index (κ1) is 22.6. The molecule has 0 spiro atoms. The van der Waals surface area contributed by atoms with E-state index in [1.54, 1.807) is 0 Å². The first-order valence-corrected chi connectivity index (χ1v) is 11.3. The Hall–Kier alpha value is -4.20. The number of halogens is 1. The van der Waals surface area contributed by atoms with Crippen molar-refractivity contribution in [3.05, 3.63) is 89.2 Å². The highest BCUT2D eigenvalue weighted by molar-refractivity contribution is 5.95. The third kappa shape index (κ3) is 4.59. The first-order chi connectivity index (χ1) is 16.8. The van der Waals surface area contributed by atoms with E-state index in [1.807, 2.05) is 36.4 Å². The highest BCUT2D eigenvalue weighted by atomic mass is 19.1. The fourth-order valence-electron chi connectivity index (χ4n) is 4.60. The maximum atomic E-state index is 14.0. The van der Waals surface area contributed by atoms with Crippen LogP contribution in [0.5, 0.6) is 0 Å². The molecule has 3 aromatic carbocycles. The summed E-state index contributed by atoms with van der Waals surface area (Å²) in [5.41, 5.74) is 3.36. The molecule has 0 radical (unpaired) electrons. The molecule has 0 aliphatic heterocycles. The number of anilines is 1. The maximum absolute atomic E-state index is 14.0. The molecule has 0 bridgehead atoms. The van der Waals surface area contributed by atoms with Crippen molar-refractivity contribution in [2.24, 2.45) is 0 Å². The number of benzene rings is 3. The summed E-state index contributed by atoms with van der Waals surface area (Å²) >= 11 is 0. The summed E-state index contributed by atoms with van der Waals surface area (Å²) in [6.07, 6.45) is 0.481. The fraction of sp³-hybridized carbons (Fsp3) is 0.222. The van der Waals surface area contributed by atoms with E-state index in [-0.39, 0.29) is 30.2 Å². The van der Waals surface area contributed by atoms with E-state index >= 15 is 0 Å². The zero-order valence-electron chi connectivity index (χ0n) is 18.7. The highest BCUT2D eigenvalue weighted by Gasteiger charge is 2.46. The Balaban J connectivity index is 1.19. The van der Waals surface area contributed by atoms with Crippen LogP contribution in [0.15, 0.2) is 66.7 Å². The molecule has 1 fully saturated rings. The van der Waals surface area contributed by atoms with Crippen molar-refractivity contribution in [1.82, 2.24) is 5.32 Å². The second kappa shape index (κ2) is 8.87. The molecule has 2 amide bonds. The molecule has 35 heavy (non-hydrogen) atoms. The summed E-state index contributed by atoms with van der Waals surface area (Å²) in [6, 6.07) is 19.2. The van der Waals surface area contributed by atoms with E-state index in [1.165, 1.54) is 0 Å². The van der Waals surface area contributed by atoms with Crippen molar-refractivity contribution in [2.75, 3.05) is 11.9 Å². The van der Waals surface area contributed by atoms with Crippen LogP contribution in [-0.4, -0.2) is 35.2 Å². The van der Waals surface area contributed by atoms with Crippen LogP contribution in [0.25, 0.3) is 11.1 Å². The van der Waals surface area contributed by atoms with Gasteiger partial charge >= 0.3 is 12.1 Å². The molecule has 8 heteroatoms. The lowest BCUT2D eigenvalue weighted by Gasteiger charge is -2.19. The molecule has 0 unspecified atom stereocenters. The Labute approximate surface area is 200 Å². The Bertz CT molecular complexity index is 1290. The second-order valence-corrected chi connectivity index (χ2v) is 8.96. The number of alkyl carbamates (subject to hydrolysis) is 1. The molecule has 3 N–H and O–H groups in total. The number of hydrogen-bond acceptors (Lipinski definition) is 4. The Morgan fingerprint density at radius 2 is 1.60 bits per heavy atom. The van der Waals surface area contributed by atoms with Crippen molar-refractivity contribution >= 4 is 23.7 Å². The van der Waals surface area contributed by atoms with Crippen molar-refractivity contribution in [3.63, 3.8) is 0 Å². The van der Waals surface area contributed by atoms with Crippen LogP contribution in [0.3, 0.4) is 0 Å². The lowest BCUT2D eigenvalue weighted by atomic mass is 9.98. The monoisotopic (exact) mass is 474 g/mol. The van der Waals surface area contributed by atoms with E-state index in [0.29, 0.717) is 12.8 Å². The molecular formula is C27H23FN2O5. The molecule has 7 nitrogen and oxygen atoms in total. The van der Waals surface area contributed by atoms with Gasteiger partial charge in [0.2, 0.25) is 5.91 Å². The van der Waals surface area contributed by atoms with Gasteiger partial charge in [-0.2, -0.15) is 0 Å². The summed E-state index contributed by atoms with van der Waals surface area (Å²) in [7, 11) is 0. The Morgan fingerprint density at radius 1 is 0.971 bits per heavy atom. The molecule has 1 saturated carbocycles. The molecule has 2 aliphatic carbocycles. The molecule has 0 heterocycles. The van der Waals surface area contributed by atoms with Gasteiger partial charge in [0.05, 0.1) is 23.2 Å². The van der Waals surface area contributed by atoms with Gasteiger partial charge in [-0.1, -0.05) is 48.5 Å². The molecule has 0 saturated heterocycles. The number of hydrogen-bond donors (Lipinski definition) is 3. The fourth-order valence-corrected chi connectivity index (χ4v) is 4.60. The summed E-state index contributed by atoms with van der Waals surface area (Å²) in [4.78, 5) is 36.2. The van der Waals surface area contributed by atoms with Crippen LogP contribution in [-0.2, 0) is 9.53 Å². The van der Waals surface area contributed by atoms with Crippen molar-refractivity contribution < 1.29 is 28.6 Å². The van der Waals surface area contributed by atoms with Crippen molar-refractivity contribution in [2.45, 2.75) is 30.7 Å². The molecule has 0 aromatic heterocycles. The van der Waals surface area contributed by atoms with Crippen molar-refractivity contribution in [3.8, 4) is 11.1 Å². The highest BCUT2D eigenvalue weighted by Crippen LogP contribution is 2.44. The summed E-state index contributed by atoms with van der Waals surface area (Å²) in [5.74, 6) is -2.56. The van der Waals surface area contributed by atoms with Gasteiger partial charge in [-0.15, -0.1) is 0 Å². The first-order valence-electron chi connectivity index (χ1n) is 11.3. The van der Waals surface area contributed by atoms with Gasteiger partial charge in [-0.05, 0) is 53.3 Å². The lowest BCUT2D eigenvalue weighted by Crippen LogP contribution is -2.40. The molecule has 0 atom stereocenters. The minimum Gasteiger partial charge on any atom is -0.478 e. The van der Waals surface area contributed by atoms with Gasteiger partial charge < -0.3 is 20.5 Å². The van der Waals surface area contributed by atoms with E-state index < -0.39 is 29.3 Å². The third-order valence-corrected chi connectivity index (χ3v) is 6.55. The average Bonchev–Trinajstić information content (AvgIpc) is 3.50. The van der Waals surface area contributed by atoms with E-state index in [4.69, 9.17) is 9.84 Å². The van der Waals surface area contributed by atoms with Crippen LogP contribution in [0.1, 0.15) is 46.7 Å². The number of rotatable bonds is 7. The number of carboxylic acids is 1. The SMILES string of the molecule is O=C(CC1(NC(=O)OCC2c3ccccc3-c3ccccc32)CC1)Nc1cc(C(=O)O)ccc1F. The van der Waals surface area contributed by atoms with Crippen LogP contribution in [0.4, 0.5) is 14.9 Å². The molecule has 5 rings (SSSR count). The number of carbonyl (C=O) groups excluding carboxylic acids is 2. The van der Waals surface area contributed by atoms with Gasteiger partial charge in [0.1, 0.15) is 12.4 Å². The molecule has 2 aliphatic rings. The standard InChI is InChI=1S/C27H23FN2O5/c28-22-10-9-16(25(32)33)13-23(22)29-24(31)14-27(11-12-27)30-26(34)35-15-21-19-7-3-1-5-17(19)18-6-2-4-8-20(18)21/h1-10,13,21H,11-12,14-15H2,(H,29,31)(H,30,34)(H,32,33). The van der Waals surface area contributed by atoms with Gasteiger partial charge in [-0.3, -0.25) is 4.79 Å². The van der Waals surface area contributed by atoms with E-state index in [2.05, 4.69) is 22.8 Å². The molecule has 178 valence electrons. The van der Waals surface area contributed by atoms with Crippen LogP contribution < -0.4 is 10.6 Å². The molecule has 3 aromatic rings. The third-order valence-electron chi connectivity index (χ3n) is 6.55. The number of amides is 2. The predicted molar refractivity (Wildman–Crippen MR) is 127 cm³/mol. The second-order valence-electron chi connectivity index (χ2n) is 8.96. The summed E-state index contributed by atoms with van der Waals surface area (Å²) < 4.78 is 19.6. The van der Waals surface area contributed by atoms with Gasteiger partial charge in [0.15, 0.2) is 0 Å². The number of carboxylic acid groups (broad SMARTS) is 1. The van der Waals surface area contributed by atoms with Crippen LogP contribution >= 0.6 is 0 Å². The Kier molecular flexibility index (Phi) is 5.72. The zero-order chi connectivity index (χ0) is 24.6. The normalized spacial score (nSPS) is 15.0.